The maximum absolute atomic E-state index is 13.7. The van der Waals surface area contributed by atoms with E-state index in [4.69, 9.17) is 11.5 Å². The van der Waals surface area contributed by atoms with Crippen LogP contribution in [-0.2, 0) is 16.4 Å². The van der Waals surface area contributed by atoms with Crippen LogP contribution in [0.25, 0.3) is 10.9 Å². The van der Waals surface area contributed by atoms with Gasteiger partial charge in [0.2, 0.25) is 10.0 Å². The van der Waals surface area contributed by atoms with Crippen molar-refractivity contribution in [3.63, 3.8) is 0 Å². The Hall–Kier alpha value is -2.72. The van der Waals surface area contributed by atoms with E-state index in [2.05, 4.69) is 4.98 Å². The number of sulfonamides is 1. The van der Waals surface area contributed by atoms with Gasteiger partial charge in [0.1, 0.15) is 10.9 Å². The van der Waals surface area contributed by atoms with Gasteiger partial charge in [0.15, 0.2) is 0 Å². The summed E-state index contributed by atoms with van der Waals surface area (Å²) in [6.07, 6.45) is -4.01. The zero-order chi connectivity index (χ0) is 21.6. The van der Waals surface area contributed by atoms with Crippen LogP contribution in [0.1, 0.15) is 16.7 Å². The van der Waals surface area contributed by atoms with E-state index in [1.807, 2.05) is 0 Å². The Kier molecular flexibility index (Phi) is 5.26. The van der Waals surface area contributed by atoms with E-state index in [1.54, 1.807) is 35.9 Å². The third-order valence-corrected chi connectivity index (χ3v) is 6.36. The highest BCUT2D eigenvalue weighted by Crippen LogP contribution is 2.31. The van der Waals surface area contributed by atoms with Crippen molar-refractivity contribution in [1.82, 2.24) is 9.71 Å². The molecule has 2 aromatic carbocycles. The number of aryl methyl sites for hydroxylation is 2. The van der Waals surface area contributed by atoms with Crippen LogP contribution in [0.5, 0.6) is 0 Å². The second kappa shape index (κ2) is 7.27. The molecule has 0 radical (unpaired) electrons. The van der Waals surface area contributed by atoms with Crippen molar-refractivity contribution in [2.75, 3.05) is 11.5 Å². The molecule has 0 aliphatic heterocycles. The van der Waals surface area contributed by atoms with Crippen molar-refractivity contribution in [3.8, 4) is 0 Å². The number of nitrogen functional groups attached to an aromatic ring is 2. The van der Waals surface area contributed by atoms with Gasteiger partial charge in [-0.25, -0.2) is 8.42 Å². The van der Waals surface area contributed by atoms with E-state index < -0.39 is 28.7 Å². The number of halogens is 3. The smallest absolute Gasteiger partial charge is 0.398 e. The summed E-state index contributed by atoms with van der Waals surface area (Å²) in [6, 6.07) is 5.49. The van der Waals surface area contributed by atoms with E-state index >= 15 is 0 Å². The van der Waals surface area contributed by atoms with Crippen molar-refractivity contribution < 1.29 is 21.6 Å². The van der Waals surface area contributed by atoms with Crippen LogP contribution >= 0.6 is 0 Å². The lowest BCUT2D eigenvalue weighted by Gasteiger charge is -2.22. The molecule has 1 atom stereocenters. The highest BCUT2D eigenvalue weighted by Gasteiger charge is 2.43. The summed E-state index contributed by atoms with van der Waals surface area (Å²) in [5.41, 5.74) is 13.7. The topological polar surface area (TPSA) is 114 Å². The Morgan fingerprint density at radius 3 is 2.45 bits per heavy atom. The van der Waals surface area contributed by atoms with E-state index in [1.165, 1.54) is 19.2 Å². The van der Waals surface area contributed by atoms with E-state index in [9.17, 15) is 21.6 Å². The molecule has 0 saturated carbocycles. The largest absolute Gasteiger partial charge is 0.405 e. The van der Waals surface area contributed by atoms with Gasteiger partial charge < -0.3 is 16.5 Å². The molecule has 1 heterocycles. The fourth-order valence-corrected chi connectivity index (χ4v) is 5.01. The molecule has 0 aliphatic rings. The quantitative estimate of drug-likeness (QED) is 0.468. The van der Waals surface area contributed by atoms with Gasteiger partial charge in [-0.05, 0) is 49.1 Å². The van der Waals surface area contributed by atoms with Crippen LogP contribution in [0.3, 0.4) is 0 Å². The molecule has 0 bridgehead atoms. The second-order valence-corrected chi connectivity index (χ2v) is 8.65. The van der Waals surface area contributed by atoms with Gasteiger partial charge in [0, 0.05) is 11.6 Å². The molecular weight excluding hydrogens is 405 g/mol. The minimum atomic E-state index is -4.82. The number of aromatic nitrogens is 1. The standard InChI is InChI=1S/C19H21F3N4O2S/c1-10-6-11(2)18(15(24)7-10)29(27,28)26-16(19(20,21)22)8-12-9-25-17-13(12)4-3-5-14(17)23/h3-7,9,16,25-26H,8,23-24H2,1-2H3. The van der Waals surface area contributed by atoms with Gasteiger partial charge in [0.25, 0.3) is 0 Å². The fraction of sp³-hybridized carbons (Fsp3) is 0.263. The SMILES string of the molecule is Cc1cc(C)c(S(=O)(=O)NC(Cc2c[nH]c3c(N)cccc23)C(F)(F)F)c(N)c1. The fourth-order valence-electron chi connectivity index (χ4n) is 3.45. The van der Waals surface area contributed by atoms with Gasteiger partial charge in [-0.2, -0.15) is 17.9 Å². The first-order valence-corrected chi connectivity index (χ1v) is 10.2. The molecule has 1 unspecified atom stereocenters. The van der Waals surface area contributed by atoms with Crippen molar-refractivity contribution in [2.45, 2.75) is 37.4 Å². The molecular formula is C19H21F3N4O2S. The number of para-hydroxylation sites is 1. The molecule has 0 saturated heterocycles. The summed E-state index contributed by atoms with van der Waals surface area (Å²) in [5, 5.41) is 0.504. The van der Waals surface area contributed by atoms with E-state index in [-0.39, 0.29) is 16.1 Å². The van der Waals surface area contributed by atoms with Gasteiger partial charge in [0.05, 0.1) is 16.9 Å². The second-order valence-electron chi connectivity index (χ2n) is 7.00. The number of benzene rings is 2. The number of rotatable bonds is 5. The maximum atomic E-state index is 13.7. The van der Waals surface area contributed by atoms with Crippen molar-refractivity contribution in [3.05, 3.63) is 53.2 Å². The number of anilines is 2. The molecule has 0 spiro atoms. The third kappa shape index (κ3) is 4.18. The summed E-state index contributed by atoms with van der Waals surface area (Å²) in [4.78, 5) is 2.50. The monoisotopic (exact) mass is 426 g/mol. The predicted octanol–water partition coefficient (Wildman–Crippen LogP) is 3.40. The van der Waals surface area contributed by atoms with Crippen LogP contribution in [0.15, 0.2) is 41.4 Å². The molecule has 0 aliphatic carbocycles. The average Bonchev–Trinajstić information content (AvgIpc) is 2.96. The Morgan fingerprint density at radius 2 is 1.83 bits per heavy atom. The summed E-state index contributed by atoms with van der Waals surface area (Å²) in [7, 11) is -4.52. The third-order valence-electron chi connectivity index (χ3n) is 4.67. The van der Waals surface area contributed by atoms with Gasteiger partial charge in [-0.15, -0.1) is 0 Å². The molecule has 0 fully saturated rings. The summed E-state index contributed by atoms with van der Waals surface area (Å²) in [6.45, 7) is 3.21. The predicted molar refractivity (Wildman–Crippen MR) is 107 cm³/mol. The lowest BCUT2D eigenvalue weighted by Crippen LogP contribution is -2.47. The molecule has 156 valence electrons. The first-order chi connectivity index (χ1) is 13.4. The summed E-state index contributed by atoms with van der Waals surface area (Å²) in [5.74, 6) is 0. The van der Waals surface area contributed by atoms with Crippen LogP contribution in [-0.4, -0.2) is 25.6 Å². The van der Waals surface area contributed by atoms with E-state index in [0.29, 0.717) is 27.7 Å². The average molecular weight is 426 g/mol. The molecule has 3 aromatic rings. The molecule has 0 amide bonds. The highest BCUT2D eigenvalue weighted by atomic mass is 32.2. The Morgan fingerprint density at radius 1 is 1.14 bits per heavy atom. The Bertz CT molecular complexity index is 1150. The van der Waals surface area contributed by atoms with E-state index in [0.717, 1.165) is 0 Å². The molecule has 3 rings (SSSR count). The first kappa shape index (κ1) is 21.0. The number of fused-ring (bicyclic) bond motifs is 1. The maximum Gasteiger partial charge on any atom is 0.405 e. The number of H-pyrrole nitrogens is 1. The summed E-state index contributed by atoms with van der Waals surface area (Å²) >= 11 is 0. The van der Waals surface area contributed by atoms with Crippen molar-refractivity contribution >= 4 is 32.3 Å². The van der Waals surface area contributed by atoms with Gasteiger partial charge in [-0.3, -0.25) is 0 Å². The van der Waals surface area contributed by atoms with Crippen LogP contribution < -0.4 is 16.2 Å². The van der Waals surface area contributed by atoms with Gasteiger partial charge in [-0.1, -0.05) is 18.2 Å². The number of hydrogen-bond acceptors (Lipinski definition) is 4. The Balaban J connectivity index is 1.99. The van der Waals surface area contributed by atoms with Crippen molar-refractivity contribution in [1.29, 1.82) is 0 Å². The Labute approximate surface area is 166 Å². The first-order valence-electron chi connectivity index (χ1n) is 8.70. The number of nitrogens with two attached hydrogens (primary N) is 2. The summed E-state index contributed by atoms with van der Waals surface area (Å²) < 4.78 is 68.5. The number of hydrogen-bond donors (Lipinski definition) is 4. The van der Waals surface area contributed by atoms with Crippen LogP contribution in [0.2, 0.25) is 0 Å². The van der Waals surface area contributed by atoms with Crippen LogP contribution in [0, 0.1) is 13.8 Å². The number of aromatic amines is 1. The minimum Gasteiger partial charge on any atom is -0.398 e. The molecule has 29 heavy (non-hydrogen) atoms. The zero-order valence-electron chi connectivity index (χ0n) is 15.8. The van der Waals surface area contributed by atoms with Gasteiger partial charge >= 0.3 is 6.18 Å². The minimum absolute atomic E-state index is 0.101. The molecule has 1 aromatic heterocycles. The lowest BCUT2D eigenvalue weighted by molar-refractivity contribution is -0.150. The molecule has 6 N–H and O–H groups in total. The zero-order valence-corrected chi connectivity index (χ0v) is 16.6. The molecule has 6 nitrogen and oxygen atoms in total. The molecule has 10 heteroatoms. The van der Waals surface area contributed by atoms with Crippen molar-refractivity contribution in [2.24, 2.45) is 0 Å². The van der Waals surface area contributed by atoms with Crippen LogP contribution in [0.4, 0.5) is 24.5 Å². The highest BCUT2D eigenvalue weighted by molar-refractivity contribution is 7.89. The number of alkyl halides is 3. The lowest BCUT2D eigenvalue weighted by atomic mass is 10.0. The normalized spacial score (nSPS) is 13.7. The number of nitrogens with one attached hydrogen (secondary N) is 2.